The normalized spacial score (nSPS) is 11.7. The largest absolute Gasteiger partial charge is 0.309 e. The van der Waals surface area contributed by atoms with Gasteiger partial charge < -0.3 is 18.3 Å². The van der Waals surface area contributed by atoms with Crippen LogP contribution in [0.1, 0.15) is 0 Å². The number of aromatic nitrogens is 8. The summed E-state index contributed by atoms with van der Waals surface area (Å²) in [5, 5.41) is 11.3. The van der Waals surface area contributed by atoms with Gasteiger partial charge in [-0.1, -0.05) is 322 Å². The summed E-state index contributed by atoms with van der Waals surface area (Å²) < 4.78 is 9.56. The monoisotopic (exact) mass is 1650 g/mol. The van der Waals surface area contributed by atoms with E-state index < -0.39 is 8.07 Å². The van der Waals surface area contributed by atoms with E-state index in [0.29, 0.717) is 11.6 Å². The second kappa shape index (κ2) is 32.0. The fraction of sp³-hybridized carbons (Fsp3) is 0.0252. The SMILES string of the molecule is C[Si](C)(C)c1ccc(-n2c3ccccc3c3cc(-c4ccc5c(c4)c4ccccc4n5-c4ccc(-c5nc(-c6ccccc6)cc(-c6ccccc6)n5)cc4)ccc32)cc1.c1ccc(-c2ccc(-c3ccc(-n4c5ccccc5c5cc(-c6ccc7c(c6)c6ccccc6n7-c6ccc(-c7nc(-c8ccccc8)cc(-c8ccccc8)n7)cc6)ccc54)cc3)cc2)cc1. The number of nitrogens with zero attached hydrogens (tertiary/aromatic N) is 8. The average Bonchev–Trinajstić information content (AvgIpc) is 1.59. The summed E-state index contributed by atoms with van der Waals surface area (Å²) in [5.41, 5.74) is 33.4. The van der Waals surface area contributed by atoms with Crippen molar-refractivity contribution in [2.45, 2.75) is 19.6 Å². The molecule has 0 spiro atoms. The van der Waals surface area contributed by atoms with Gasteiger partial charge in [0, 0.05) is 99.2 Å². The third-order valence-corrected chi connectivity index (χ3v) is 27.4. The van der Waals surface area contributed by atoms with Crippen LogP contribution in [-0.4, -0.2) is 46.3 Å². The topological polar surface area (TPSA) is 71.3 Å². The Hall–Kier alpha value is -16.5. The minimum absolute atomic E-state index is 0.697. The molecule has 9 heteroatoms. The summed E-state index contributed by atoms with van der Waals surface area (Å²) in [6.07, 6.45) is 0. The molecular weight excluding hydrogens is 1570 g/mol. The predicted molar refractivity (Wildman–Crippen MR) is 539 cm³/mol. The van der Waals surface area contributed by atoms with E-state index >= 15 is 0 Å². The summed E-state index contributed by atoms with van der Waals surface area (Å²) in [5.74, 6) is 1.40. The Bertz CT molecular complexity index is 8210. The molecule has 8 nitrogen and oxygen atoms in total. The molecule has 0 atom stereocenters. The summed E-state index contributed by atoms with van der Waals surface area (Å²) in [7, 11) is -1.40. The number of benzene rings is 18. The van der Waals surface area contributed by atoms with Gasteiger partial charge in [-0.25, -0.2) is 19.9 Å². The molecular formula is C119H84N8Si. The third-order valence-electron chi connectivity index (χ3n) is 25.3. The maximum absolute atomic E-state index is 5.09. The quantitative estimate of drug-likeness (QED) is 0.0959. The van der Waals surface area contributed by atoms with E-state index in [0.717, 1.165) is 84.3 Å². The van der Waals surface area contributed by atoms with Crippen molar-refractivity contribution in [1.29, 1.82) is 0 Å². The molecule has 604 valence electrons. The maximum Gasteiger partial charge on any atom is 0.160 e. The van der Waals surface area contributed by atoms with Crippen molar-refractivity contribution in [3.8, 4) is 135 Å². The van der Waals surface area contributed by atoms with Crippen LogP contribution in [0.25, 0.3) is 222 Å². The number of hydrogen-bond acceptors (Lipinski definition) is 4. The van der Waals surface area contributed by atoms with Gasteiger partial charge in [-0.15, -0.1) is 0 Å². The number of hydrogen-bond donors (Lipinski definition) is 0. The molecule has 24 rings (SSSR count). The van der Waals surface area contributed by atoms with Crippen LogP contribution in [-0.2, 0) is 0 Å². The summed E-state index contributed by atoms with van der Waals surface area (Å²) in [6.45, 7) is 7.21. The van der Waals surface area contributed by atoms with Gasteiger partial charge in [0.2, 0.25) is 0 Å². The van der Waals surface area contributed by atoms with Crippen LogP contribution in [0, 0.1) is 0 Å². The Morgan fingerprint density at radius 3 is 0.609 bits per heavy atom. The number of rotatable bonds is 15. The van der Waals surface area contributed by atoms with E-state index in [2.05, 4.69) is 469 Å². The van der Waals surface area contributed by atoms with Crippen molar-refractivity contribution in [3.63, 3.8) is 0 Å². The van der Waals surface area contributed by atoms with Gasteiger partial charge in [0.05, 0.1) is 75.0 Å². The van der Waals surface area contributed by atoms with E-state index in [1.165, 1.54) is 132 Å². The van der Waals surface area contributed by atoms with E-state index in [9.17, 15) is 0 Å². The molecule has 128 heavy (non-hydrogen) atoms. The number of para-hydroxylation sites is 4. The first-order valence-corrected chi connectivity index (χ1v) is 47.3. The van der Waals surface area contributed by atoms with Crippen LogP contribution >= 0.6 is 0 Å². The molecule has 0 aliphatic rings. The summed E-state index contributed by atoms with van der Waals surface area (Å²) in [4.78, 5) is 20.3. The van der Waals surface area contributed by atoms with Crippen LogP contribution in [0.2, 0.25) is 19.6 Å². The van der Waals surface area contributed by atoms with Crippen molar-refractivity contribution >= 4 is 100 Å². The van der Waals surface area contributed by atoms with E-state index in [1.807, 2.05) is 24.3 Å². The van der Waals surface area contributed by atoms with Crippen LogP contribution < -0.4 is 5.19 Å². The Morgan fingerprint density at radius 2 is 0.352 bits per heavy atom. The fourth-order valence-electron chi connectivity index (χ4n) is 18.8. The molecule has 6 heterocycles. The predicted octanol–water partition coefficient (Wildman–Crippen LogP) is 30.6. The molecule has 0 fully saturated rings. The molecule has 24 aromatic rings. The molecule has 0 radical (unpaired) electrons. The van der Waals surface area contributed by atoms with Crippen molar-refractivity contribution < 1.29 is 0 Å². The van der Waals surface area contributed by atoms with Gasteiger partial charge in [0.1, 0.15) is 0 Å². The smallest absolute Gasteiger partial charge is 0.160 e. The van der Waals surface area contributed by atoms with Gasteiger partial charge in [0.25, 0.3) is 0 Å². The molecule has 6 aromatic heterocycles. The van der Waals surface area contributed by atoms with Crippen molar-refractivity contribution in [2.75, 3.05) is 0 Å². The van der Waals surface area contributed by atoms with Gasteiger partial charge in [-0.3, -0.25) is 0 Å². The molecule has 0 unspecified atom stereocenters. The highest BCUT2D eigenvalue weighted by Crippen LogP contribution is 2.44. The Morgan fingerprint density at radius 1 is 0.156 bits per heavy atom. The molecule has 0 N–H and O–H groups in total. The molecule has 0 bridgehead atoms. The lowest BCUT2D eigenvalue weighted by Crippen LogP contribution is -2.37. The zero-order valence-corrected chi connectivity index (χ0v) is 71.9. The Balaban J connectivity index is 0.000000148. The van der Waals surface area contributed by atoms with Crippen LogP contribution in [0.3, 0.4) is 0 Å². The van der Waals surface area contributed by atoms with E-state index in [4.69, 9.17) is 19.9 Å². The summed E-state index contributed by atoms with van der Waals surface area (Å²) in [6, 6.07) is 163. The van der Waals surface area contributed by atoms with Crippen molar-refractivity contribution in [1.82, 2.24) is 38.2 Å². The first kappa shape index (κ1) is 76.4. The van der Waals surface area contributed by atoms with E-state index in [-0.39, 0.29) is 0 Å². The zero-order chi connectivity index (χ0) is 85.3. The maximum atomic E-state index is 5.09. The van der Waals surface area contributed by atoms with Crippen molar-refractivity contribution in [3.05, 3.63) is 455 Å². The van der Waals surface area contributed by atoms with Crippen LogP contribution in [0.15, 0.2) is 455 Å². The molecule has 0 aliphatic carbocycles. The fourth-order valence-corrected chi connectivity index (χ4v) is 20.0. The first-order chi connectivity index (χ1) is 63.1. The summed E-state index contributed by atoms with van der Waals surface area (Å²) >= 11 is 0. The highest BCUT2D eigenvalue weighted by molar-refractivity contribution is 6.88. The molecule has 0 saturated carbocycles. The minimum Gasteiger partial charge on any atom is -0.309 e. The van der Waals surface area contributed by atoms with Gasteiger partial charge in [-0.05, 0) is 202 Å². The third kappa shape index (κ3) is 14.0. The molecule has 0 aliphatic heterocycles. The van der Waals surface area contributed by atoms with Gasteiger partial charge >= 0.3 is 0 Å². The second-order valence-corrected chi connectivity index (χ2v) is 39.2. The molecule has 18 aromatic carbocycles. The van der Waals surface area contributed by atoms with Gasteiger partial charge in [0.15, 0.2) is 11.6 Å². The molecule has 0 amide bonds. The second-order valence-electron chi connectivity index (χ2n) is 34.1. The first-order valence-electron chi connectivity index (χ1n) is 43.8. The Kier molecular flexibility index (Phi) is 19.1. The van der Waals surface area contributed by atoms with E-state index in [1.54, 1.807) is 0 Å². The zero-order valence-electron chi connectivity index (χ0n) is 70.9. The van der Waals surface area contributed by atoms with Crippen LogP contribution in [0.5, 0.6) is 0 Å². The molecule has 0 saturated heterocycles. The highest BCUT2D eigenvalue weighted by atomic mass is 28.3. The number of fused-ring (bicyclic) bond motifs is 12. The van der Waals surface area contributed by atoms with Crippen LogP contribution in [0.4, 0.5) is 0 Å². The Labute approximate surface area is 743 Å². The minimum atomic E-state index is -1.40. The lowest BCUT2D eigenvalue weighted by Gasteiger charge is -2.17. The van der Waals surface area contributed by atoms with Gasteiger partial charge in [-0.2, -0.15) is 0 Å². The lowest BCUT2D eigenvalue weighted by atomic mass is 10.00. The standard InChI is InChI=1S/C64H42N4.C55H42N4Si/c1-4-14-43(15-5-1)44-24-26-45(27-25-44)46-28-34-52(35-29-46)67-60-22-12-10-20-54(60)56-40-50(32-38-62(56)67)51-33-39-63-57(41-51)55-21-11-13-23-61(55)68(63)53-36-30-49(31-37-53)64-65-58(47-16-6-2-7-17-47)42-59(66-64)48-18-8-3-9-19-48;1-60(2,3)44-30-28-43(29-31-44)59-52-21-13-11-19-46(52)48-35-41(25-33-54(48)59)40-24-32-53-47(34-40)45-18-10-12-20-51(45)58(53)42-26-22-39(23-27-42)55-56-49(37-14-6-4-7-15-37)36-50(57-55)38-16-8-5-9-17-38/h1-42H;4-36H,1-3H3. The highest BCUT2D eigenvalue weighted by Gasteiger charge is 2.23. The lowest BCUT2D eigenvalue weighted by molar-refractivity contribution is 1.16. The average molecular weight is 1650 g/mol. The van der Waals surface area contributed by atoms with Crippen molar-refractivity contribution in [2.24, 2.45) is 0 Å².